The predicted molar refractivity (Wildman–Crippen MR) is 8.54 cm³/mol. The first-order chi connectivity index (χ1) is 0. The van der Waals surface area contributed by atoms with Crippen LogP contribution in [0.5, 0.6) is 0 Å². The van der Waals surface area contributed by atoms with Crippen molar-refractivity contribution in [3.63, 3.8) is 0 Å². The first-order valence-electron chi connectivity index (χ1n) is 0. The Morgan fingerprint density at radius 3 is 1.00 bits per heavy atom. The van der Waals surface area contributed by atoms with Crippen LogP contribution in [0.3, 0.4) is 0 Å². The molecule has 0 saturated carbocycles. The van der Waals surface area contributed by atoms with E-state index in [9.17, 15) is 0 Å². The molecule has 0 aliphatic carbocycles. The maximum atomic E-state index is 0. The maximum Gasteiger partial charge on any atom is 0.146 e. The predicted octanol–water partition coefficient (Wildman–Crippen LogP) is -0.924. The van der Waals surface area contributed by atoms with Gasteiger partial charge in [-0.25, -0.2) is 0 Å². The SMILES string of the molecule is [AlH2].[Au].[Pd].[Pt]. The fourth-order valence-electron chi connectivity index (χ4n) is 0. The monoisotopic (exact) mass is 527 g/mol. The Labute approximate surface area is 80.0 Å². The van der Waals surface area contributed by atoms with Crippen LogP contribution in [0.25, 0.3) is 0 Å². The second-order valence-corrected chi connectivity index (χ2v) is 0. The van der Waals surface area contributed by atoms with E-state index in [2.05, 4.69) is 0 Å². The largest absolute Gasteiger partial charge is 0.146 e. The zero-order chi connectivity index (χ0) is 0. The first kappa shape index (κ1) is 30.4. The molecule has 0 amide bonds. The molecule has 0 aliphatic rings. The molecule has 0 saturated heterocycles. The van der Waals surface area contributed by atoms with Crippen molar-refractivity contribution in [3.8, 4) is 0 Å². The Hall–Kier alpha value is 2.62. The number of hydrogen-bond donors (Lipinski definition) is 0. The molecule has 36 valence electrons. The molecule has 2 radical (unpaired) electrons. The summed E-state index contributed by atoms with van der Waals surface area (Å²) in [4.78, 5) is 0. The van der Waals surface area contributed by atoms with Gasteiger partial charge < -0.3 is 0 Å². The average Bonchev–Trinajstić information content (AvgIpc) is 0. The molecule has 0 atom stereocenters. The van der Waals surface area contributed by atoms with Crippen LogP contribution in [0, 0.1) is 0 Å². The minimum Gasteiger partial charge on any atom is 0 e. The summed E-state index contributed by atoms with van der Waals surface area (Å²) in [6.07, 6.45) is 0. The molecule has 0 spiro atoms. The van der Waals surface area contributed by atoms with Crippen LogP contribution in [0.4, 0.5) is 0 Å². The number of hydrogen-bond acceptors (Lipinski definition) is 0. The molecule has 0 N–H and O–H groups in total. The molecule has 4 heavy (non-hydrogen) atoms. The molecule has 0 unspecified atom stereocenters. The van der Waals surface area contributed by atoms with Gasteiger partial charge in [-0.1, -0.05) is 0 Å². The average molecular weight is 527 g/mol. The van der Waals surface area contributed by atoms with Crippen LogP contribution in [0.1, 0.15) is 0 Å². The zero-order valence-corrected chi connectivity index (χ0v) is 9.93. The van der Waals surface area contributed by atoms with Crippen LogP contribution in [-0.2, 0) is 63.9 Å². The summed E-state index contributed by atoms with van der Waals surface area (Å²) in [6, 6.07) is 0. The second kappa shape index (κ2) is 17.5. The fraction of sp³-hybridized carbons (Fsp3) is 0. The smallest absolute Gasteiger partial charge is 0 e. The van der Waals surface area contributed by atoms with Crippen LogP contribution in [-0.4, -0.2) is 17.4 Å². The Morgan fingerprint density at radius 2 is 1.00 bits per heavy atom. The Morgan fingerprint density at radius 1 is 1.00 bits per heavy atom. The van der Waals surface area contributed by atoms with Crippen molar-refractivity contribution in [1.82, 2.24) is 0 Å². The van der Waals surface area contributed by atoms with Crippen molar-refractivity contribution >= 4 is 17.4 Å². The van der Waals surface area contributed by atoms with Gasteiger partial charge in [-0.3, -0.25) is 0 Å². The van der Waals surface area contributed by atoms with E-state index in [1.165, 1.54) is 0 Å². The standard InChI is InChI=1S/Al.Au.Pd.Pt.2H. The molecular formula is H2AlAuPdPt. The van der Waals surface area contributed by atoms with Gasteiger partial charge in [0.15, 0.2) is 0 Å². The summed E-state index contributed by atoms with van der Waals surface area (Å²) in [5.41, 5.74) is 0. The van der Waals surface area contributed by atoms with E-state index in [1.807, 2.05) is 0 Å². The van der Waals surface area contributed by atoms with Gasteiger partial charge in [0.1, 0.15) is 17.4 Å². The van der Waals surface area contributed by atoms with Crippen molar-refractivity contribution in [2.75, 3.05) is 0 Å². The number of rotatable bonds is 0. The van der Waals surface area contributed by atoms with Crippen LogP contribution in [0.15, 0.2) is 0 Å². The van der Waals surface area contributed by atoms with E-state index >= 15 is 0 Å². The van der Waals surface area contributed by atoms with Crippen molar-refractivity contribution in [2.24, 2.45) is 0 Å². The van der Waals surface area contributed by atoms with Crippen molar-refractivity contribution in [1.29, 1.82) is 0 Å². The van der Waals surface area contributed by atoms with Crippen molar-refractivity contribution < 1.29 is 63.9 Å². The summed E-state index contributed by atoms with van der Waals surface area (Å²) in [5.74, 6) is 0. The van der Waals surface area contributed by atoms with E-state index in [4.69, 9.17) is 0 Å². The van der Waals surface area contributed by atoms with Gasteiger partial charge in [0.2, 0.25) is 0 Å². The van der Waals surface area contributed by atoms with Gasteiger partial charge in [-0.2, -0.15) is 0 Å². The molecule has 0 rings (SSSR count). The van der Waals surface area contributed by atoms with Gasteiger partial charge in [-0.05, 0) is 0 Å². The van der Waals surface area contributed by atoms with Crippen molar-refractivity contribution in [2.45, 2.75) is 0 Å². The molecule has 0 aromatic rings. The fourth-order valence-corrected chi connectivity index (χ4v) is 0. The van der Waals surface area contributed by atoms with Gasteiger partial charge in [0.25, 0.3) is 0 Å². The van der Waals surface area contributed by atoms with E-state index in [-0.39, 0.29) is 81.2 Å². The van der Waals surface area contributed by atoms with Gasteiger partial charge in [-0.15, -0.1) is 0 Å². The minimum absolute atomic E-state index is 0. The Bertz CT molecular complexity index is 8.00. The van der Waals surface area contributed by atoms with Crippen molar-refractivity contribution in [3.05, 3.63) is 0 Å². The van der Waals surface area contributed by atoms with Crippen LogP contribution >= 0.6 is 0 Å². The molecular weight excluding hydrogens is 525 g/mol. The summed E-state index contributed by atoms with van der Waals surface area (Å²) in [6.45, 7) is 0. The zero-order valence-electron chi connectivity index (χ0n) is 1.93. The van der Waals surface area contributed by atoms with E-state index in [1.54, 1.807) is 0 Å². The summed E-state index contributed by atoms with van der Waals surface area (Å²) in [5, 5.41) is 0. The molecule has 4 heteroatoms. The molecule has 0 aromatic heterocycles. The molecule has 0 aliphatic heterocycles. The van der Waals surface area contributed by atoms with E-state index < -0.39 is 0 Å². The summed E-state index contributed by atoms with van der Waals surface area (Å²) >= 11 is 0. The third-order valence-electron chi connectivity index (χ3n) is 0. The molecule has 0 heterocycles. The summed E-state index contributed by atoms with van der Waals surface area (Å²) in [7, 11) is 0. The molecule has 0 fully saturated rings. The Kier molecular flexibility index (Phi) is 133. The quantitative estimate of drug-likeness (QED) is 0.358. The van der Waals surface area contributed by atoms with Crippen LogP contribution < -0.4 is 0 Å². The molecule has 0 nitrogen and oxygen atoms in total. The third kappa shape index (κ3) is 8.82. The first-order valence-corrected chi connectivity index (χ1v) is 0. The van der Waals surface area contributed by atoms with Crippen LogP contribution in [0.2, 0.25) is 0 Å². The van der Waals surface area contributed by atoms with E-state index in [0.717, 1.165) is 0 Å². The topological polar surface area (TPSA) is 0 Å². The summed E-state index contributed by atoms with van der Waals surface area (Å²) < 4.78 is 0. The Balaban J connectivity index is 0. The van der Waals surface area contributed by atoms with E-state index in [0.29, 0.717) is 0 Å². The molecule has 0 aromatic carbocycles. The normalized spacial score (nSPS) is 0. The molecule has 0 bridgehead atoms. The van der Waals surface area contributed by atoms with Gasteiger partial charge in [0.05, 0.1) is 0 Å². The second-order valence-electron chi connectivity index (χ2n) is 0. The maximum absolute atomic E-state index is 0. The third-order valence-corrected chi connectivity index (χ3v) is 0. The van der Waals surface area contributed by atoms with Gasteiger partial charge >= 0.3 is 0 Å². The minimum atomic E-state index is 0. The van der Waals surface area contributed by atoms with Gasteiger partial charge in [0, 0.05) is 63.9 Å².